The van der Waals surface area contributed by atoms with Crippen molar-refractivity contribution in [3.05, 3.63) is 36.9 Å². The first-order chi connectivity index (χ1) is 10.9. The summed E-state index contributed by atoms with van der Waals surface area (Å²) in [5, 5.41) is 4.25. The minimum absolute atomic E-state index is 0.229. The molecule has 0 aliphatic rings. The van der Waals surface area contributed by atoms with Crippen molar-refractivity contribution in [3.8, 4) is 11.4 Å². The number of ether oxygens (including phenoxy) is 1. The monoisotopic (exact) mass is 317 g/mol. The molecule has 0 bridgehead atoms. The zero-order valence-corrected chi connectivity index (χ0v) is 13.6. The van der Waals surface area contributed by atoms with Gasteiger partial charge in [-0.2, -0.15) is 0 Å². The standard InChI is InChI=1S/C15H19N4O2.CH2O/c1-15(2,3)21-13(20)6-10-19-9-5-12(11-18-19)14-16-7-4-8-17-14;1-2/h4-5,7-9,11H,6,10H2,1-3H3;1H2/q+1;. The Morgan fingerprint density at radius 3 is 2.43 bits per heavy atom. The Morgan fingerprint density at radius 2 is 1.91 bits per heavy atom. The molecule has 7 heteroatoms. The van der Waals surface area contributed by atoms with Crippen LogP contribution in [-0.4, -0.2) is 33.4 Å². The van der Waals surface area contributed by atoms with Crippen LogP contribution in [0.2, 0.25) is 0 Å². The van der Waals surface area contributed by atoms with E-state index in [1.54, 1.807) is 35.5 Å². The zero-order valence-electron chi connectivity index (χ0n) is 13.6. The summed E-state index contributed by atoms with van der Waals surface area (Å²) in [4.78, 5) is 28.0. The van der Waals surface area contributed by atoms with E-state index in [1.165, 1.54) is 0 Å². The van der Waals surface area contributed by atoms with Crippen molar-refractivity contribution in [3.63, 3.8) is 0 Å². The molecule has 2 aromatic heterocycles. The second kappa shape index (κ2) is 8.67. The maximum atomic E-state index is 11.6. The molecule has 0 N–H and O–H groups in total. The quantitative estimate of drug-likeness (QED) is 0.625. The van der Waals surface area contributed by atoms with Gasteiger partial charge in [0, 0.05) is 24.0 Å². The summed E-state index contributed by atoms with van der Waals surface area (Å²) < 4.78 is 6.94. The molecule has 2 heterocycles. The maximum Gasteiger partial charge on any atom is 0.312 e. The topological polar surface area (TPSA) is 85.9 Å². The molecule has 7 nitrogen and oxygen atoms in total. The first kappa shape index (κ1) is 18.3. The molecule has 0 aliphatic heterocycles. The molecule has 0 saturated carbocycles. The fourth-order valence-corrected chi connectivity index (χ4v) is 1.70. The lowest BCUT2D eigenvalue weighted by molar-refractivity contribution is -0.753. The molecule has 122 valence electrons. The summed E-state index contributed by atoms with van der Waals surface area (Å²) in [7, 11) is 0. The molecular formula is C16H21N4O3+. The van der Waals surface area contributed by atoms with Gasteiger partial charge in [-0.05, 0) is 31.9 Å². The fraction of sp³-hybridized carbons (Fsp3) is 0.375. The van der Waals surface area contributed by atoms with Crippen molar-refractivity contribution in [1.29, 1.82) is 0 Å². The van der Waals surface area contributed by atoms with Crippen LogP contribution in [0.4, 0.5) is 0 Å². The predicted molar refractivity (Wildman–Crippen MR) is 83.0 cm³/mol. The van der Waals surface area contributed by atoms with Gasteiger partial charge in [0.1, 0.15) is 25.0 Å². The van der Waals surface area contributed by atoms with Crippen LogP contribution in [-0.2, 0) is 20.9 Å². The van der Waals surface area contributed by atoms with Gasteiger partial charge in [0.25, 0.3) is 0 Å². The molecule has 23 heavy (non-hydrogen) atoms. The van der Waals surface area contributed by atoms with Gasteiger partial charge >= 0.3 is 5.97 Å². The molecular weight excluding hydrogens is 296 g/mol. The van der Waals surface area contributed by atoms with Gasteiger partial charge in [-0.15, -0.1) is 0 Å². The summed E-state index contributed by atoms with van der Waals surface area (Å²) in [6, 6.07) is 3.64. The van der Waals surface area contributed by atoms with Crippen molar-refractivity contribution < 1.29 is 19.0 Å². The molecule has 0 saturated heterocycles. The second-order valence-electron chi connectivity index (χ2n) is 5.59. The zero-order chi connectivity index (χ0) is 17.3. The largest absolute Gasteiger partial charge is 0.460 e. The number of nitrogens with zero attached hydrogens (tertiary/aromatic N) is 4. The highest BCUT2D eigenvalue weighted by molar-refractivity contribution is 5.69. The number of hydrogen-bond acceptors (Lipinski definition) is 6. The van der Waals surface area contributed by atoms with Gasteiger partial charge in [-0.1, -0.05) is 4.68 Å². The number of aromatic nitrogens is 4. The molecule has 0 fully saturated rings. The summed E-state index contributed by atoms with van der Waals surface area (Å²) in [6.45, 7) is 8.03. The van der Waals surface area contributed by atoms with Crippen LogP contribution < -0.4 is 4.68 Å². The number of carbonyl (C=O) groups excluding carboxylic acids is 2. The van der Waals surface area contributed by atoms with E-state index < -0.39 is 5.60 Å². The molecule has 2 rings (SSSR count). The van der Waals surface area contributed by atoms with Crippen LogP contribution in [0.5, 0.6) is 0 Å². The molecule has 0 atom stereocenters. The van der Waals surface area contributed by atoms with Crippen LogP contribution in [0.3, 0.4) is 0 Å². The van der Waals surface area contributed by atoms with Gasteiger partial charge < -0.3 is 9.53 Å². The van der Waals surface area contributed by atoms with E-state index in [4.69, 9.17) is 9.53 Å². The SMILES string of the molecule is C=O.CC(C)(C)OC(=O)CC[n+]1ccc(-c2ncccn2)cn1. The minimum Gasteiger partial charge on any atom is -0.460 e. The van der Waals surface area contributed by atoms with Gasteiger partial charge in [0.2, 0.25) is 0 Å². The Hall–Kier alpha value is -2.70. The van der Waals surface area contributed by atoms with Crippen molar-refractivity contribution >= 4 is 12.8 Å². The number of esters is 1. The Labute approximate surface area is 135 Å². The molecule has 0 spiro atoms. The van der Waals surface area contributed by atoms with Crippen LogP contribution in [0.1, 0.15) is 27.2 Å². The fourth-order valence-electron chi connectivity index (χ4n) is 1.70. The van der Waals surface area contributed by atoms with Crippen LogP contribution in [0.25, 0.3) is 11.4 Å². The minimum atomic E-state index is -0.455. The van der Waals surface area contributed by atoms with E-state index in [0.717, 1.165) is 5.56 Å². The van der Waals surface area contributed by atoms with Gasteiger partial charge in [0.15, 0.2) is 18.6 Å². The Bertz CT molecular complexity index is 609. The highest BCUT2D eigenvalue weighted by Gasteiger charge is 2.18. The van der Waals surface area contributed by atoms with E-state index in [2.05, 4.69) is 15.1 Å². The smallest absolute Gasteiger partial charge is 0.312 e. The average Bonchev–Trinajstić information content (AvgIpc) is 2.55. The van der Waals surface area contributed by atoms with Gasteiger partial charge in [-0.3, -0.25) is 4.79 Å². The third-order valence-corrected chi connectivity index (χ3v) is 2.56. The van der Waals surface area contributed by atoms with Crippen molar-refractivity contribution in [1.82, 2.24) is 15.1 Å². The first-order valence-corrected chi connectivity index (χ1v) is 7.08. The van der Waals surface area contributed by atoms with Crippen molar-refractivity contribution in [2.24, 2.45) is 0 Å². The first-order valence-electron chi connectivity index (χ1n) is 7.08. The molecule has 0 radical (unpaired) electrons. The highest BCUT2D eigenvalue weighted by atomic mass is 16.6. The third kappa shape index (κ3) is 6.73. The molecule has 2 aromatic rings. The van der Waals surface area contributed by atoms with Gasteiger partial charge in [0.05, 0.1) is 0 Å². The second-order valence-corrected chi connectivity index (χ2v) is 5.59. The lowest BCUT2D eigenvalue weighted by Gasteiger charge is -2.18. The summed E-state index contributed by atoms with van der Waals surface area (Å²) in [6.07, 6.45) is 7.15. The van der Waals surface area contributed by atoms with Gasteiger partial charge in [-0.25, -0.2) is 9.97 Å². The van der Waals surface area contributed by atoms with E-state index in [0.29, 0.717) is 12.4 Å². The lowest BCUT2D eigenvalue weighted by Crippen LogP contribution is -2.39. The van der Waals surface area contributed by atoms with Crippen LogP contribution in [0.15, 0.2) is 36.9 Å². The predicted octanol–water partition coefficient (Wildman–Crippen LogP) is 1.37. The molecule has 0 aliphatic carbocycles. The summed E-state index contributed by atoms with van der Waals surface area (Å²) in [5.41, 5.74) is 0.382. The molecule has 0 aromatic carbocycles. The summed E-state index contributed by atoms with van der Waals surface area (Å²) in [5.74, 6) is 0.400. The molecule has 0 amide bonds. The number of carbonyl (C=O) groups is 2. The highest BCUT2D eigenvalue weighted by Crippen LogP contribution is 2.10. The summed E-state index contributed by atoms with van der Waals surface area (Å²) >= 11 is 0. The average molecular weight is 317 g/mol. The third-order valence-electron chi connectivity index (χ3n) is 2.56. The van der Waals surface area contributed by atoms with Crippen LogP contribution >= 0.6 is 0 Å². The van der Waals surface area contributed by atoms with E-state index in [9.17, 15) is 4.79 Å². The lowest BCUT2D eigenvalue weighted by atomic mass is 10.2. The van der Waals surface area contributed by atoms with E-state index in [1.807, 2.05) is 33.6 Å². The normalized spacial score (nSPS) is 10.4. The molecule has 0 unspecified atom stereocenters. The van der Waals surface area contributed by atoms with Crippen LogP contribution in [0, 0.1) is 0 Å². The Balaban J connectivity index is 0.00000127. The van der Waals surface area contributed by atoms with Crippen molar-refractivity contribution in [2.75, 3.05) is 0 Å². The Morgan fingerprint density at radius 1 is 1.26 bits per heavy atom. The maximum absolute atomic E-state index is 11.6. The van der Waals surface area contributed by atoms with Crippen molar-refractivity contribution in [2.45, 2.75) is 39.3 Å². The Kier molecular flexibility index (Phi) is 6.92. The van der Waals surface area contributed by atoms with E-state index >= 15 is 0 Å². The number of hydrogen-bond donors (Lipinski definition) is 0. The number of rotatable bonds is 4. The number of aryl methyl sites for hydroxylation is 1. The van der Waals surface area contributed by atoms with E-state index in [-0.39, 0.29) is 12.4 Å².